The minimum absolute atomic E-state index is 0.528. The van der Waals surface area contributed by atoms with Gasteiger partial charge < -0.3 is 15.2 Å². The Kier molecular flexibility index (Phi) is 3.20. The number of nitrogens with zero attached hydrogens (tertiary/aromatic N) is 4. The molecule has 0 aliphatic rings. The van der Waals surface area contributed by atoms with Crippen LogP contribution in [0.1, 0.15) is 18.4 Å². The molecule has 0 radical (unpaired) electrons. The van der Waals surface area contributed by atoms with Crippen LogP contribution >= 0.6 is 0 Å². The molecule has 3 rings (SSSR count). The van der Waals surface area contributed by atoms with E-state index in [9.17, 15) is 0 Å². The van der Waals surface area contributed by atoms with E-state index in [1.165, 1.54) is 0 Å². The quantitative estimate of drug-likeness (QED) is 0.649. The average Bonchev–Trinajstić information content (AvgIpc) is 3.05. The second-order valence-electron chi connectivity index (χ2n) is 4.34. The number of nitrogens with one attached hydrogen (secondary N) is 3. The Labute approximate surface area is 115 Å². The van der Waals surface area contributed by atoms with Crippen LogP contribution in [0.3, 0.4) is 0 Å². The van der Waals surface area contributed by atoms with Crippen LogP contribution in [0.25, 0.3) is 11.0 Å². The summed E-state index contributed by atoms with van der Waals surface area (Å²) in [5, 5.41) is 17.9. The first-order valence-corrected chi connectivity index (χ1v) is 6.37. The number of H-pyrrole nitrogens is 1. The molecule has 0 bridgehead atoms. The first-order valence-electron chi connectivity index (χ1n) is 6.37. The Morgan fingerprint density at radius 3 is 2.95 bits per heavy atom. The molecule has 0 aromatic carbocycles. The standard InChI is InChI=1S/C12H15N7O/c1-3-13-12-16-10(9-6-15-18-11(9)17-12)14-5-8-4-7(2)20-19-8/h4,6H,3,5H2,1-2H3,(H3,13,14,15,16,17,18). The van der Waals surface area contributed by atoms with Crippen LogP contribution in [0.15, 0.2) is 16.8 Å². The smallest absolute Gasteiger partial charge is 0.226 e. The third-order valence-corrected chi connectivity index (χ3v) is 2.76. The van der Waals surface area contributed by atoms with E-state index < -0.39 is 0 Å². The highest BCUT2D eigenvalue weighted by atomic mass is 16.5. The van der Waals surface area contributed by atoms with Gasteiger partial charge in [-0.05, 0) is 13.8 Å². The maximum absolute atomic E-state index is 5.03. The molecule has 104 valence electrons. The number of aryl methyl sites for hydroxylation is 1. The van der Waals surface area contributed by atoms with Crippen LogP contribution in [-0.2, 0) is 6.54 Å². The van der Waals surface area contributed by atoms with Crippen molar-refractivity contribution in [1.29, 1.82) is 0 Å². The van der Waals surface area contributed by atoms with Crippen LogP contribution in [0.5, 0.6) is 0 Å². The lowest BCUT2D eigenvalue weighted by atomic mass is 10.3. The van der Waals surface area contributed by atoms with Crippen molar-refractivity contribution in [1.82, 2.24) is 25.3 Å². The van der Waals surface area contributed by atoms with E-state index in [1.54, 1.807) is 6.20 Å². The van der Waals surface area contributed by atoms with Gasteiger partial charge in [-0.2, -0.15) is 15.1 Å². The van der Waals surface area contributed by atoms with Gasteiger partial charge in [-0.25, -0.2) is 0 Å². The second-order valence-corrected chi connectivity index (χ2v) is 4.34. The maximum Gasteiger partial charge on any atom is 0.226 e. The molecule has 0 atom stereocenters. The van der Waals surface area contributed by atoms with Crippen LogP contribution < -0.4 is 10.6 Å². The van der Waals surface area contributed by atoms with Crippen LogP contribution in [0.4, 0.5) is 11.8 Å². The molecule has 8 nitrogen and oxygen atoms in total. The Morgan fingerprint density at radius 1 is 1.30 bits per heavy atom. The van der Waals surface area contributed by atoms with Gasteiger partial charge in [-0.15, -0.1) is 0 Å². The number of anilines is 2. The van der Waals surface area contributed by atoms with Crippen molar-refractivity contribution in [3.05, 3.63) is 23.7 Å². The minimum Gasteiger partial charge on any atom is -0.364 e. The summed E-state index contributed by atoms with van der Waals surface area (Å²) in [5.74, 6) is 2.05. The highest BCUT2D eigenvalue weighted by molar-refractivity contribution is 5.86. The molecule has 0 saturated heterocycles. The van der Waals surface area contributed by atoms with Gasteiger partial charge in [0.25, 0.3) is 0 Å². The molecule has 0 aliphatic heterocycles. The highest BCUT2D eigenvalue weighted by Gasteiger charge is 2.09. The SMILES string of the molecule is CCNc1nc(NCc2cc(C)on2)c2cn[nH]c2n1. The number of aromatic nitrogens is 5. The van der Waals surface area contributed by atoms with Crippen LogP contribution in [0.2, 0.25) is 0 Å². The largest absolute Gasteiger partial charge is 0.364 e. The predicted molar refractivity (Wildman–Crippen MR) is 74.4 cm³/mol. The zero-order valence-electron chi connectivity index (χ0n) is 11.3. The number of rotatable bonds is 5. The zero-order valence-corrected chi connectivity index (χ0v) is 11.3. The Balaban J connectivity index is 1.87. The molecule has 3 heterocycles. The fourth-order valence-corrected chi connectivity index (χ4v) is 1.88. The first-order chi connectivity index (χ1) is 9.76. The lowest BCUT2D eigenvalue weighted by Crippen LogP contribution is -2.07. The number of aromatic amines is 1. The fraction of sp³-hybridized carbons (Fsp3) is 0.333. The zero-order chi connectivity index (χ0) is 13.9. The Morgan fingerprint density at radius 2 is 2.20 bits per heavy atom. The Bertz CT molecular complexity index is 717. The van der Waals surface area contributed by atoms with Gasteiger partial charge in [-0.1, -0.05) is 5.16 Å². The summed E-state index contributed by atoms with van der Waals surface area (Å²) in [4.78, 5) is 8.76. The first kappa shape index (κ1) is 12.4. The fourth-order valence-electron chi connectivity index (χ4n) is 1.88. The van der Waals surface area contributed by atoms with Crippen molar-refractivity contribution in [2.24, 2.45) is 0 Å². The Hall–Kier alpha value is -2.64. The average molecular weight is 273 g/mol. The molecule has 0 spiro atoms. The molecule has 0 saturated carbocycles. The summed E-state index contributed by atoms with van der Waals surface area (Å²) >= 11 is 0. The van der Waals surface area contributed by atoms with E-state index in [0.29, 0.717) is 24.0 Å². The minimum atomic E-state index is 0.528. The van der Waals surface area contributed by atoms with Gasteiger partial charge in [0, 0.05) is 12.6 Å². The lowest BCUT2D eigenvalue weighted by molar-refractivity contribution is 0.391. The molecule has 3 aromatic heterocycles. The maximum atomic E-state index is 5.03. The third kappa shape index (κ3) is 2.40. The summed E-state index contributed by atoms with van der Waals surface area (Å²) in [6.07, 6.45) is 1.70. The molecule has 20 heavy (non-hydrogen) atoms. The number of fused-ring (bicyclic) bond motifs is 1. The molecule has 0 fully saturated rings. The van der Waals surface area contributed by atoms with Crippen molar-refractivity contribution >= 4 is 22.8 Å². The van der Waals surface area contributed by atoms with Gasteiger partial charge in [-0.3, -0.25) is 5.10 Å². The highest BCUT2D eigenvalue weighted by Crippen LogP contribution is 2.20. The number of hydrogen-bond acceptors (Lipinski definition) is 7. The summed E-state index contributed by atoms with van der Waals surface area (Å²) in [6.45, 7) is 5.13. The lowest BCUT2D eigenvalue weighted by Gasteiger charge is -2.07. The van der Waals surface area contributed by atoms with E-state index in [0.717, 1.165) is 23.4 Å². The molecule has 0 aliphatic carbocycles. The topological polar surface area (TPSA) is 105 Å². The van der Waals surface area contributed by atoms with Crippen molar-refractivity contribution in [3.8, 4) is 0 Å². The molecule has 3 N–H and O–H groups in total. The summed E-state index contributed by atoms with van der Waals surface area (Å²) < 4.78 is 5.03. The van der Waals surface area contributed by atoms with Gasteiger partial charge in [0.1, 0.15) is 17.3 Å². The molecular formula is C12H15N7O. The van der Waals surface area contributed by atoms with Gasteiger partial charge in [0.2, 0.25) is 5.95 Å². The van der Waals surface area contributed by atoms with Crippen molar-refractivity contribution in [3.63, 3.8) is 0 Å². The summed E-state index contributed by atoms with van der Waals surface area (Å²) in [6, 6.07) is 1.88. The monoisotopic (exact) mass is 273 g/mol. The van der Waals surface area contributed by atoms with Crippen molar-refractivity contribution in [2.75, 3.05) is 17.2 Å². The van der Waals surface area contributed by atoms with E-state index >= 15 is 0 Å². The summed E-state index contributed by atoms with van der Waals surface area (Å²) in [5.41, 5.74) is 1.51. The molecule has 8 heteroatoms. The van der Waals surface area contributed by atoms with E-state index in [4.69, 9.17) is 4.52 Å². The van der Waals surface area contributed by atoms with E-state index in [1.807, 2.05) is 19.9 Å². The second kappa shape index (κ2) is 5.16. The third-order valence-electron chi connectivity index (χ3n) is 2.76. The molecule has 0 amide bonds. The molecule has 0 unspecified atom stereocenters. The predicted octanol–water partition coefficient (Wildman–Crippen LogP) is 1.69. The van der Waals surface area contributed by atoms with Gasteiger partial charge in [0.05, 0.1) is 18.1 Å². The van der Waals surface area contributed by atoms with Crippen molar-refractivity contribution < 1.29 is 4.52 Å². The van der Waals surface area contributed by atoms with Crippen molar-refractivity contribution in [2.45, 2.75) is 20.4 Å². The summed E-state index contributed by atoms with van der Waals surface area (Å²) in [7, 11) is 0. The normalized spacial score (nSPS) is 10.9. The number of hydrogen-bond donors (Lipinski definition) is 3. The van der Waals surface area contributed by atoms with Gasteiger partial charge >= 0.3 is 0 Å². The van der Waals surface area contributed by atoms with Crippen LogP contribution in [-0.4, -0.2) is 31.9 Å². The van der Waals surface area contributed by atoms with E-state index in [2.05, 4.69) is 36.0 Å². The van der Waals surface area contributed by atoms with Gasteiger partial charge in [0.15, 0.2) is 5.65 Å². The van der Waals surface area contributed by atoms with Crippen LogP contribution in [0, 0.1) is 6.92 Å². The molecular weight excluding hydrogens is 258 g/mol. The molecule has 3 aromatic rings. The van der Waals surface area contributed by atoms with E-state index in [-0.39, 0.29) is 0 Å².